The van der Waals surface area contributed by atoms with Crippen molar-refractivity contribution >= 4 is 49.2 Å². The average Bonchev–Trinajstić information content (AvgIpc) is 3.05. The van der Waals surface area contributed by atoms with Crippen LogP contribution in [0.15, 0.2) is 70.7 Å². The quantitative estimate of drug-likeness (QED) is 0.293. The molecule has 4 aromatic rings. The molecule has 0 saturated carbocycles. The molecule has 0 aliphatic rings. The van der Waals surface area contributed by atoms with Gasteiger partial charge in [-0.25, -0.2) is 8.42 Å². The van der Waals surface area contributed by atoms with Gasteiger partial charge in [0, 0.05) is 34.1 Å². The van der Waals surface area contributed by atoms with Gasteiger partial charge in [-0.05, 0) is 35.9 Å². The number of nitro groups is 1. The van der Waals surface area contributed by atoms with Gasteiger partial charge in [0.15, 0.2) is 9.84 Å². The van der Waals surface area contributed by atoms with E-state index in [1.165, 1.54) is 12.1 Å². The second-order valence-corrected chi connectivity index (χ2v) is 8.57. The van der Waals surface area contributed by atoms with E-state index < -0.39 is 14.8 Å². The van der Waals surface area contributed by atoms with Crippen molar-refractivity contribution in [3.63, 3.8) is 0 Å². The molecule has 9 heteroatoms. The van der Waals surface area contributed by atoms with Gasteiger partial charge >= 0.3 is 0 Å². The summed E-state index contributed by atoms with van der Waals surface area (Å²) in [5, 5.41) is 17.5. The van der Waals surface area contributed by atoms with Crippen molar-refractivity contribution in [2.24, 2.45) is 5.10 Å². The zero-order valence-electron chi connectivity index (χ0n) is 15.3. The number of aromatic nitrogens is 1. The second-order valence-electron chi connectivity index (χ2n) is 6.55. The van der Waals surface area contributed by atoms with Gasteiger partial charge in [0.1, 0.15) is 5.69 Å². The van der Waals surface area contributed by atoms with E-state index in [-0.39, 0.29) is 16.3 Å². The van der Waals surface area contributed by atoms with Crippen LogP contribution in [0, 0.1) is 10.1 Å². The lowest BCUT2D eigenvalue weighted by Gasteiger charge is -2.04. The molecular weight excluding hydrogens is 392 g/mol. The first-order valence-electron chi connectivity index (χ1n) is 8.61. The highest BCUT2D eigenvalue weighted by molar-refractivity contribution is 7.90. The average molecular weight is 408 g/mol. The number of nitro benzene ring substituents is 1. The molecule has 8 nitrogen and oxygen atoms in total. The maximum absolute atomic E-state index is 11.6. The fourth-order valence-electron chi connectivity index (χ4n) is 3.11. The Balaban J connectivity index is 1.63. The van der Waals surface area contributed by atoms with Gasteiger partial charge < -0.3 is 4.98 Å². The molecule has 0 bridgehead atoms. The molecule has 146 valence electrons. The normalized spacial score (nSPS) is 12.0. The van der Waals surface area contributed by atoms with Crippen LogP contribution in [0.25, 0.3) is 21.8 Å². The first kappa shape index (κ1) is 18.6. The van der Waals surface area contributed by atoms with Crippen molar-refractivity contribution in [2.45, 2.75) is 4.90 Å². The van der Waals surface area contributed by atoms with Crippen molar-refractivity contribution in [3.8, 4) is 0 Å². The third kappa shape index (κ3) is 3.67. The first-order chi connectivity index (χ1) is 13.8. The number of H-pyrrole nitrogens is 1. The molecule has 0 saturated heterocycles. The molecule has 3 aromatic carbocycles. The van der Waals surface area contributed by atoms with Crippen LogP contribution >= 0.6 is 0 Å². The van der Waals surface area contributed by atoms with Crippen LogP contribution in [0.5, 0.6) is 0 Å². The maximum Gasteiger partial charge on any atom is 0.295 e. The number of rotatable bonds is 5. The van der Waals surface area contributed by atoms with Crippen LogP contribution in [0.1, 0.15) is 5.56 Å². The molecule has 2 N–H and O–H groups in total. The topological polar surface area (TPSA) is 117 Å². The number of anilines is 1. The van der Waals surface area contributed by atoms with Crippen LogP contribution < -0.4 is 5.43 Å². The number of fused-ring (bicyclic) bond motifs is 3. The number of hydrogen-bond donors (Lipinski definition) is 2. The van der Waals surface area contributed by atoms with Gasteiger partial charge in [-0.2, -0.15) is 5.10 Å². The third-order valence-corrected chi connectivity index (χ3v) is 5.63. The highest BCUT2D eigenvalue weighted by Gasteiger charge is 2.18. The summed E-state index contributed by atoms with van der Waals surface area (Å²) < 4.78 is 23.2. The van der Waals surface area contributed by atoms with Crippen molar-refractivity contribution in [3.05, 3.63) is 76.3 Å². The van der Waals surface area contributed by atoms with Crippen LogP contribution in [0.3, 0.4) is 0 Å². The first-order valence-corrected chi connectivity index (χ1v) is 10.5. The zero-order chi connectivity index (χ0) is 20.6. The number of sulfone groups is 1. The zero-order valence-corrected chi connectivity index (χ0v) is 16.1. The number of hydrazone groups is 1. The minimum absolute atomic E-state index is 0.104. The lowest BCUT2D eigenvalue weighted by molar-refractivity contribution is -0.384. The van der Waals surface area contributed by atoms with Crippen molar-refractivity contribution < 1.29 is 13.3 Å². The number of para-hydroxylation sites is 1. The van der Waals surface area contributed by atoms with E-state index in [0.717, 1.165) is 39.7 Å². The largest absolute Gasteiger partial charge is 0.355 e. The third-order valence-electron chi connectivity index (χ3n) is 4.52. The van der Waals surface area contributed by atoms with Crippen LogP contribution in [-0.2, 0) is 9.84 Å². The van der Waals surface area contributed by atoms with Crippen LogP contribution in [-0.4, -0.2) is 30.8 Å². The number of aromatic amines is 1. The van der Waals surface area contributed by atoms with Gasteiger partial charge in [0.2, 0.25) is 0 Å². The summed E-state index contributed by atoms with van der Waals surface area (Å²) >= 11 is 0. The summed E-state index contributed by atoms with van der Waals surface area (Å²) in [5.41, 5.74) is 5.22. The Kier molecular flexibility index (Phi) is 4.51. The standard InChI is InChI=1S/C20H16N4O4S/c1-29(27,28)14-7-9-19(20(11-14)24(25)26)23-21-12-13-6-8-18-16(10-13)15-4-2-3-5-17(15)22-18/h2-12,22-23H,1H3/b21-12+. The summed E-state index contributed by atoms with van der Waals surface area (Å²) in [5.74, 6) is 0. The fourth-order valence-corrected chi connectivity index (χ4v) is 3.75. The second kappa shape index (κ2) is 7.02. The predicted octanol–water partition coefficient (Wildman–Crippen LogP) is 4.08. The Bertz CT molecular complexity index is 1390. The molecule has 0 spiro atoms. The monoisotopic (exact) mass is 408 g/mol. The Morgan fingerprint density at radius 2 is 1.79 bits per heavy atom. The molecule has 29 heavy (non-hydrogen) atoms. The molecule has 1 aromatic heterocycles. The number of nitrogens with zero attached hydrogens (tertiary/aromatic N) is 2. The molecule has 1 heterocycles. The van der Waals surface area contributed by atoms with E-state index in [0.29, 0.717) is 0 Å². The molecular formula is C20H16N4O4S. The van der Waals surface area contributed by atoms with E-state index in [1.54, 1.807) is 6.21 Å². The molecule has 0 atom stereocenters. The SMILES string of the molecule is CS(=O)(=O)c1ccc(N/N=C/c2ccc3[nH]c4ccccc4c3c2)c([N+](=O)[O-])c1. The van der Waals surface area contributed by atoms with Crippen molar-refractivity contribution in [1.29, 1.82) is 0 Å². The van der Waals surface area contributed by atoms with Crippen LogP contribution in [0.4, 0.5) is 11.4 Å². The van der Waals surface area contributed by atoms with E-state index in [2.05, 4.69) is 15.5 Å². The van der Waals surface area contributed by atoms with E-state index in [9.17, 15) is 18.5 Å². The van der Waals surface area contributed by atoms with Crippen molar-refractivity contribution in [1.82, 2.24) is 4.98 Å². The fraction of sp³-hybridized carbons (Fsp3) is 0.0500. The molecule has 0 aliphatic carbocycles. The molecule has 0 radical (unpaired) electrons. The maximum atomic E-state index is 11.6. The van der Waals surface area contributed by atoms with E-state index in [4.69, 9.17) is 0 Å². The van der Waals surface area contributed by atoms with E-state index >= 15 is 0 Å². The number of hydrogen-bond acceptors (Lipinski definition) is 6. The number of nitrogens with one attached hydrogen (secondary N) is 2. The Morgan fingerprint density at radius 3 is 2.55 bits per heavy atom. The van der Waals surface area contributed by atoms with Gasteiger partial charge in [0.05, 0.1) is 16.0 Å². The summed E-state index contributed by atoms with van der Waals surface area (Å²) in [7, 11) is -3.55. The minimum atomic E-state index is -3.55. The summed E-state index contributed by atoms with van der Waals surface area (Å²) in [6.07, 6.45) is 2.55. The lowest BCUT2D eigenvalue weighted by Crippen LogP contribution is -2.01. The van der Waals surface area contributed by atoms with Crippen molar-refractivity contribution in [2.75, 3.05) is 11.7 Å². The van der Waals surface area contributed by atoms with E-state index in [1.807, 2.05) is 42.5 Å². The lowest BCUT2D eigenvalue weighted by atomic mass is 10.1. The number of benzene rings is 3. The predicted molar refractivity (Wildman–Crippen MR) is 113 cm³/mol. The summed E-state index contributed by atoms with van der Waals surface area (Å²) in [6, 6.07) is 17.4. The molecule has 0 unspecified atom stereocenters. The summed E-state index contributed by atoms with van der Waals surface area (Å²) in [4.78, 5) is 13.9. The molecule has 4 rings (SSSR count). The smallest absolute Gasteiger partial charge is 0.295 e. The van der Waals surface area contributed by atoms with Gasteiger partial charge in [0.25, 0.3) is 5.69 Å². The molecule has 0 fully saturated rings. The Labute approximate surface area is 165 Å². The van der Waals surface area contributed by atoms with Gasteiger partial charge in [-0.1, -0.05) is 24.3 Å². The summed E-state index contributed by atoms with van der Waals surface area (Å²) in [6.45, 7) is 0. The van der Waals surface area contributed by atoms with Crippen LogP contribution in [0.2, 0.25) is 0 Å². The Morgan fingerprint density at radius 1 is 1.03 bits per heavy atom. The van der Waals surface area contributed by atoms with Gasteiger partial charge in [-0.15, -0.1) is 0 Å². The highest BCUT2D eigenvalue weighted by atomic mass is 32.2. The molecule has 0 amide bonds. The highest BCUT2D eigenvalue weighted by Crippen LogP contribution is 2.28. The Hall–Kier alpha value is -3.72. The molecule has 0 aliphatic heterocycles. The minimum Gasteiger partial charge on any atom is -0.355 e. The van der Waals surface area contributed by atoms with Gasteiger partial charge in [-0.3, -0.25) is 15.5 Å².